The number of nitriles is 1. The van der Waals surface area contributed by atoms with Gasteiger partial charge in [0.25, 0.3) is 0 Å². The first kappa shape index (κ1) is 29.4. The van der Waals surface area contributed by atoms with Gasteiger partial charge in [-0.25, -0.2) is 8.78 Å². The molecule has 9 rings (SSSR count). The third kappa shape index (κ3) is 4.82. The molecule has 3 aromatic heterocycles. The lowest BCUT2D eigenvalue weighted by Crippen LogP contribution is -2.58. The molecule has 1 aromatic carbocycles. The molecule has 47 heavy (non-hydrogen) atoms. The maximum Gasteiger partial charge on any atom is 0.319 e. The number of aromatic nitrogens is 3. The smallest absolute Gasteiger partial charge is 0.319 e. The van der Waals surface area contributed by atoms with Gasteiger partial charge in [-0.05, 0) is 37.8 Å². The minimum absolute atomic E-state index is 0.0422. The molecule has 244 valence electrons. The highest BCUT2D eigenvalue weighted by molar-refractivity contribution is 7.23. The second-order valence-corrected chi connectivity index (χ2v) is 14.7. The Hall–Kier alpha value is -3.74. The number of fused-ring (bicyclic) bond motifs is 6. The summed E-state index contributed by atoms with van der Waals surface area (Å²) in [6.07, 6.45) is 5.99. The Balaban J connectivity index is 1.11. The number of thiophene rings is 1. The van der Waals surface area contributed by atoms with Crippen molar-refractivity contribution in [3.8, 4) is 23.3 Å². The molecule has 0 radical (unpaired) electrons. The highest BCUT2D eigenvalue weighted by atomic mass is 32.1. The Morgan fingerprint density at radius 3 is 2.55 bits per heavy atom. The van der Waals surface area contributed by atoms with Crippen LogP contribution in [-0.2, 0) is 9.47 Å². The summed E-state index contributed by atoms with van der Waals surface area (Å²) in [4.78, 5) is 18.8. The van der Waals surface area contributed by atoms with Gasteiger partial charge in [-0.15, -0.1) is 11.3 Å². The molecule has 8 heterocycles. The van der Waals surface area contributed by atoms with Crippen molar-refractivity contribution < 1.29 is 23.0 Å². The molecule has 4 atom stereocenters. The molecule has 0 saturated carbocycles. The van der Waals surface area contributed by atoms with Gasteiger partial charge in [0, 0.05) is 60.9 Å². The summed E-state index contributed by atoms with van der Waals surface area (Å²) in [5, 5.41) is 14.4. The van der Waals surface area contributed by atoms with Crippen molar-refractivity contribution >= 4 is 43.1 Å². The number of hydrogen-bond acceptors (Lipinski definition) is 12. The van der Waals surface area contributed by atoms with Crippen molar-refractivity contribution in [1.29, 1.82) is 5.26 Å². The Morgan fingerprint density at radius 1 is 1.09 bits per heavy atom. The number of rotatable bonds is 7. The number of nitrogens with one attached hydrogen (secondary N) is 1. The third-order valence-electron chi connectivity index (χ3n) is 10.6. The van der Waals surface area contributed by atoms with E-state index in [4.69, 9.17) is 24.9 Å². The van der Waals surface area contributed by atoms with Crippen LogP contribution in [0, 0.1) is 28.4 Å². The van der Waals surface area contributed by atoms with Crippen molar-refractivity contribution in [3.05, 3.63) is 35.5 Å². The van der Waals surface area contributed by atoms with Gasteiger partial charge in [0.05, 0.1) is 47.5 Å². The monoisotopic (exact) mass is 660 g/mol. The van der Waals surface area contributed by atoms with Gasteiger partial charge in [0.1, 0.15) is 40.5 Å². The average molecular weight is 661 g/mol. The number of ether oxygens (including phenoxy) is 3. The average Bonchev–Trinajstić information content (AvgIpc) is 3.65. The van der Waals surface area contributed by atoms with Crippen LogP contribution < -0.4 is 20.7 Å². The van der Waals surface area contributed by atoms with E-state index in [1.54, 1.807) is 6.20 Å². The van der Waals surface area contributed by atoms with Gasteiger partial charge < -0.3 is 30.2 Å². The van der Waals surface area contributed by atoms with Crippen LogP contribution in [0.1, 0.15) is 31.2 Å². The quantitative estimate of drug-likeness (QED) is 0.300. The number of nitrogens with zero attached hydrogens (tertiary/aromatic N) is 6. The van der Waals surface area contributed by atoms with E-state index in [1.165, 1.54) is 12.1 Å². The van der Waals surface area contributed by atoms with Crippen molar-refractivity contribution in [2.24, 2.45) is 5.41 Å². The zero-order chi connectivity index (χ0) is 31.9. The first-order valence-corrected chi connectivity index (χ1v) is 17.0. The van der Waals surface area contributed by atoms with Gasteiger partial charge >= 0.3 is 6.01 Å². The van der Waals surface area contributed by atoms with E-state index in [0.717, 1.165) is 69.9 Å². The van der Waals surface area contributed by atoms with Crippen LogP contribution in [0.4, 0.5) is 19.6 Å². The van der Waals surface area contributed by atoms with Crippen LogP contribution in [0.3, 0.4) is 0 Å². The van der Waals surface area contributed by atoms with Gasteiger partial charge in [-0.1, -0.05) is 0 Å². The summed E-state index contributed by atoms with van der Waals surface area (Å²) >= 11 is 0.962. The SMILES string of the molecule is N#Cc1c(N)sc2c(F)ccc(-c3ncc4c(N5CC6CCC(C5)N6)nc(OCC5(CN6C7CCC6COC7)COC5)nc4c3F)c12. The summed E-state index contributed by atoms with van der Waals surface area (Å²) in [7, 11) is 0. The van der Waals surface area contributed by atoms with Gasteiger partial charge in [0.2, 0.25) is 0 Å². The van der Waals surface area contributed by atoms with Gasteiger partial charge in [-0.3, -0.25) is 9.88 Å². The molecule has 4 bridgehead atoms. The summed E-state index contributed by atoms with van der Waals surface area (Å²) in [6.45, 7) is 5.26. The fraction of sp³-hybridized carbons (Fsp3) is 0.515. The number of halogens is 2. The molecule has 5 aliphatic heterocycles. The van der Waals surface area contributed by atoms with E-state index in [1.807, 2.05) is 0 Å². The highest BCUT2D eigenvalue weighted by Gasteiger charge is 2.47. The number of morpholine rings is 1. The molecule has 3 N–H and O–H groups in total. The van der Waals surface area contributed by atoms with E-state index in [2.05, 4.69) is 31.2 Å². The number of hydrogen-bond donors (Lipinski definition) is 2. The van der Waals surface area contributed by atoms with Crippen LogP contribution >= 0.6 is 11.3 Å². The molecule has 4 aromatic rings. The third-order valence-corrected chi connectivity index (χ3v) is 11.6. The molecule has 14 heteroatoms. The van der Waals surface area contributed by atoms with E-state index < -0.39 is 11.6 Å². The maximum atomic E-state index is 16.8. The van der Waals surface area contributed by atoms with E-state index in [-0.39, 0.29) is 48.9 Å². The molecule has 4 unspecified atom stereocenters. The van der Waals surface area contributed by atoms with Gasteiger partial charge in [-0.2, -0.15) is 15.2 Å². The zero-order valence-corrected chi connectivity index (χ0v) is 26.5. The topological polar surface area (TPSA) is 135 Å². The first-order chi connectivity index (χ1) is 22.9. The van der Waals surface area contributed by atoms with E-state index >= 15 is 4.39 Å². The van der Waals surface area contributed by atoms with Crippen LogP contribution in [-0.4, -0.2) is 96.7 Å². The largest absolute Gasteiger partial charge is 0.463 e. The maximum absolute atomic E-state index is 16.8. The molecule has 0 aliphatic carbocycles. The number of nitrogen functional groups attached to an aromatic ring is 1. The normalized spacial score (nSPS) is 26.5. The van der Waals surface area contributed by atoms with Crippen LogP contribution in [0.15, 0.2) is 18.3 Å². The lowest BCUT2D eigenvalue weighted by atomic mass is 9.85. The molecule has 5 saturated heterocycles. The fourth-order valence-electron chi connectivity index (χ4n) is 8.17. The number of anilines is 2. The van der Waals surface area contributed by atoms with Crippen LogP contribution in [0.2, 0.25) is 0 Å². The Morgan fingerprint density at radius 2 is 1.85 bits per heavy atom. The number of piperazine rings is 1. The lowest BCUT2D eigenvalue weighted by molar-refractivity contribution is -0.158. The summed E-state index contributed by atoms with van der Waals surface area (Å²) < 4.78 is 49.7. The highest BCUT2D eigenvalue weighted by Crippen LogP contribution is 2.43. The summed E-state index contributed by atoms with van der Waals surface area (Å²) in [5.41, 5.74) is 6.24. The van der Waals surface area contributed by atoms with E-state index in [9.17, 15) is 9.65 Å². The minimum Gasteiger partial charge on any atom is -0.463 e. The minimum atomic E-state index is -0.692. The number of benzene rings is 1. The van der Waals surface area contributed by atoms with Crippen LogP contribution in [0.25, 0.3) is 32.2 Å². The Bertz CT molecular complexity index is 1920. The number of pyridine rings is 1. The van der Waals surface area contributed by atoms with Crippen LogP contribution in [0.5, 0.6) is 6.01 Å². The second-order valence-electron chi connectivity index (χ2n) is 13.7. The van der Waals surface area contributed by atoms with Crippen molar-refractivity contribution in [3.63, 3.8) is 0 Å². The van der Waals surface area contributed by atoms with Crippen molar-refractivity contribution in [2.45, 2.75) is 49.9 Å². The fourth-order valence-corrected chi connectivity index (χ4v) is 9.12. The van der Waals surface area contributed by atoms with Crippen molar-refractivity contribution in [1.82, 2.24) is 25.2 Å². The molecule has 11 nitrogen and oxygen atoms in total. The van der Waals surface area contributed by atoms with Crippen molar-refractivity contribution in [2.75, 3.05) is 63.3 Å². The first-order valence-electron chi connectivity index (χ1n) is 16.2. The molecular weight excluding hydrogens is 626 g/mol. The standard InChI is InChI=1S/C33H34F2N8O3S/c34-24-6-5-21(25-22(7-36)30(37)47-29(24)25)27-26(35)28-23(8-38-27)31(42-9-17-1-2-18(10-42)39-17)41-32(40-28)46-16-33(14-45-15-33)13-43-19-3-4-20(43)12-44-11-19/h5-6,8,17-20,39H,1-4,9-16,37H2. The molecule has 5 fully saturated rings. The Kier molecular flexibility index (Phi) is 6.99. The molecule has 0 spiro atoms. The Labute approximate surface area is 273 Å². The summed E-state index contributed by atoms with van der Waals surface area (Å²) in [6, 6.07) is 6.30. The number of nitrogens with two attached hydrogens (primary N) is 1. The summed E-state index contributed by atoms with van der Waals surface area (Å²) in [5.74, 6) is -0.647. The molecular formula is C33H34F2N8O3S. The molecule has 0 amide bonds. The predicted molar refractivity (Wildman–Crippen MR) is 172 cm³/mol. The zero-order valence-electron chi connectivity index (χ0n) is 25.7. The molecule has 5 aliphatic rings. The lowest BCUT2D eigenvalue weighted by Gasteiger charge is -2.47. The van der Waals surface area contributed by atoms with Gasteiger partial charge in [0.15, 0.2) is 5.82 Å². The second kappa shape index (κ2) is 11.2. The predicted octanol–water partition coefficient (Wildman–Crippen LogP) is 3.84. The van der Waals surface area contributed by atoms with E-state index in [0.29, 0.717) is 55.2 Å².